The van der Waals surface area contributed by atoms with Crippen molar-refractivity contribution in [3.8, 4) is 0 Å². The van der Waals surface area contributed by atoms with Crippen molar-refractivity contribution >= 4 is 0 Å². The first-order chi connectivity index (χ1) is 9.74. The average molecular weight is 274 g/mol. The second kappa shape index (κ2) is 7.80. The van der Waals surface area contributed by atoms with Gasteiger partial charge in [-0.2, -0.15) is 0 Å². The lowest BCUT2D eigenvalue weighted by Crippen LogP contribution is -2.38. The molecule has 1 aliphatic rings. The number of hydrogen-bond donors (Lipinski definition) is 1. The van der Waals surface area contributed by atoms with Crippen LogP contribution < -0.4 is 5.32 Å². The molecule has 1 aliphatic heterocycles. The molecule has 112 valence electrons. The summed E-state index contributed by atoms with van der Waals surface area (Å²) in [6, 6.07) is 9.83. The zero-order valence-electron chi connectivity index (χ0n) is 13.4. The van der Waals surface area contributed by atoms with E-state index in [2.05, 4.69) is 55.4 Å². The van der Waals surface area contributed by atoms with Crippen molar-refractivity contribution in [3.63, 3.8) is 0 Å². The van der Waals surface area contributed by atoms with E-state index in [1.54, 1.807) is 0 Å². The normalized spacial score (nSPS) is 19.1. The van der Waals surface area contributed by atoms with E-state index in [1.807, 2.05) is 0 Å². The minimum atomic E-state index is 0.557. The number of rotatable bonds is 6. The molecular formula is C18H30N2. The van der Waals surface area contributed by atoms with Gasteiger partial charge < -0.3 is 5.32 Å². The Balaban J connectivity index is 1.89. The largest absolute Gasteiger partial charge is 0.319 e. The fraction of sp³-hybridized carbons (Fsp3) is 0.667. The summed E-state index contributed by atoms with van der Waals surface area (Å²) < 4.78 is 0. The quantitative estimate of drug-likeness (QED) is 0.852. The van der Waals surface area contributed by atoms with Crippen LogP contribution in [0, 0.1) is 5.92 Å². The summed E-state index contributed by atoms with van der Waals surface area (Å²) in [4.78, 5) is 2.64. The van der Waals surface area contributed by atoms with Crippen LogP contribution in [0.25, 0.3) is 0 Å². The van der Waals surface area contributed by atoms with Gasteiger partial charge in [0.15, 0.2) is 0 Å². The van der Waals surface area contributed by atoms with Crippen LogP contribution in [0.3, 0.4) is 0 Å². The molecule has 0 spiro atoms. The summed E-state index contributed by atoms with van der Waals surface area (Å²) in [5.74, 6) is 0.871. The Bertz CT molecular complexity index is 377. The molecule has 1 unspecified atom stereocenters. The molecule has 1 N–H and O–H groups in total. The van der Waals surface area contributed by atoms with E-state index < -0.39 is 0 Å². The van der Waals surface area contributed by atoms with Gasteiger partial charge >= 0.3 is 0 Å². The number of benzene rings is 1. The van der Waals surface area contributed by atoms with Gasteiger partial charge in [0, 0.05) is 6.04 Å². The third-order valence-electron chi connectivity index (χ3n) is 4.69. The van der Waals surface area contributed by atoms with Crippen molar-refractivity contribution in [1.82, 2.24) is 10.2 Å². The molecule has 20 heavy (non-hydrogen) atoms. The second-order valence-corrected chi connectivity index (χ2v) is 6.20. The number of aryl methyl sites for hydroxylation is 1. The first-order valence-corrected chi connectivity index (χ1v) is 8.22. The Labute approximate surface area is 124 Å². The molecule has 1 fully saturated rings. The van der Waals surface area contributed by atoms with Gasteiger partial charge in [0.2, 0.25) is 0 Å². The average Bonchev–Trinajstić information content (AvgIpc) is 2.49. The van der Waals surface area contributed by atoms with Crippen molar-refractivity contribution < 1.29 is 0 Å². The molecule has 2 rings (SSSR count). The highest BCUT2D eigenvalue weighted by atomic mass is 15.2. The van der Waals surface area contributed by atoms with Crippen molar-refractivity contribution in [3.05, 3.63) is 35.4 Å². The van der Waals surface area contributed by atoms with Crippen LogP contribution >= 0.6 is 0 Å². The standard InChI is InChI=1S/C18H30N2/c1-4-5-16-6-8-18(9-7-16)15(2)20-12-10-17(11-13-20)14-19-3/h6-9,15,17,19H,4-5,10-14H2,1-3H3. The first-order valence-electron chi connectivity index (χ1n) is 8.22. The fourth-order valence-corrected chi connectivity index (χ4v) is 3.30. The molecule has 0 saturated carbocycles. The van der Waals surface area contributed by atoms with Gasteiger partial charge in [0.05, 0.1) is 0 Å². The molecule has 0 amide bonds. The Morgan fingerprint density at radius 1 is 1.20 bits per heavy atom. The van der Waals surface area contributed by atoms with Crippen LogP contribution in [0.15, 0.2) is 24.3 Å². The molecule has 1 atom stereocenters. The minimum Gasteiger partial charge on any atom is -0.319 e. The Kier molecular flexibility index (Phi) is 6.06. The van der Waals surface area contributed by atoms with Gasteiger partial charge in [0.25, 0.3) is 0 Å². The van der Waals surface area contributed by atoms with Crippen molar-refractivity contribution in [2.24, 2.45) is 5.92 Å². The maximum absolute atomic E-state index is 3.31. The van der Waals surface area contributed by atoms with E-state index in [4.69, 9.17) is 0 Å². The molecule has 2 heteroatoms. The lowest BCUT2D eigenvalue weighted by molar-refractivity contribution is 0.141. The summed E-state index contributed by atoms with van der Waals surface area (Å²) in [5, 5.41) is 3.31. The summed E-state index contributed by atoms with van der Waals surface area (Å²) in [7, 11) is 2.06. The number of nitrogens with one attached hydrogen (secondary N) is 1. The third-order valence-corrected chi connectivity index (χ3v) is 4.69. The molecule has 1 heterocycles. The first kappa shape index (κ1) is 15.5. The number of piperidine rings is 1. The van der Waals surface area contributed by atoms with Crippen molar-refractivity contribution in [1.29, 1.82) is 0 Å². The highest BCUT2D eigenvalue weighted by molar-refractivity contribution is 5.25. The highest BCUT2D eigenvalue weighted by Crippen LogP contribution is 2.26. The molecule has 1 aromatic carbocycles. The van der Waals surface area contributed by atoms with E-state index in [0.717, 1.165) is 5.92 Å². The smallest absolute Gasteiger partial charge is 0.0319 e. The summed E-state index contributed by atoms with van der Waals surface area (Å²) in [6.45, 7) is 8.25. The van der Waals surface area contributed by atoms with Crippen LogP contribution in [0.5, 0.6) is 0 Å². The Morgan fingerprint density at radius 2 is 1.85 bits per heavy atom. The predicted octanol–water partition coefficient (Wildman–Crippen LogP) is 3.63. The maximum atomic E-state index is 3.31. The van der Waals surface area contributed by atoms with Gasteiger partial charge in [-0.15, -0.1) is 0 Å². The fourth-order valence-electron chi connectivity index (χ4n) is 3.30. The van der Waals surface area contributed by atoms with Crippen molar-refractivity contribution in [2.75, 3.05) is 26.7 Å². The molecule has 0 aromatic heterocycles. The zero-order chi connectivity index (χ0) is 14.4. The summed E-state index contributed by atoms with van der Waals surface area (Å²) >= 11 is 0. The maximum Gasteiger partial charge on any atom is 0.0319 e. The third kappa shape index (κ3) is 4.07. The Hall–Kier alpha value is -0.860. The number of nitrogens with zero attached hydrogens (tertiary/aromatic N) is 1. The van der Waals surface area contributed by atoms with Gasteiger partial charge in [-0.3, -0.25) is 4.90 Å². The van der Waals surface area contributed by atoms with Gasteiger partial charge in [0.1, 0.15) is 0 Å². The highest BCUT2D eigenvalue weighted by Gasteiger charge is 2.22. The number of likely N-dealkylation sites (tertiary alicyclic amines) is 1. The van der Waals surface area contributed by atoms with E-state index in [-0.39, 0.29) is 0 Å². The molecule has 1 saturated heterocycles. The Morgan fingerprint density at radius 3 is 2.40 bits per heavy atom. The summed E-state index contributed by atoms with van der Waals surface area (Å²) in [5.41, 5.74) is 2.94. The molecule has 0 bridgehead atoms. The molecular weight excluding hydrogens is 244 g/mol. The lowest BCUT2D eigenvalue weighted by Gasteiger charge is -2.36. The zero-order valence-corrected chi connectivity index (χ0v) is 13.4. The van der Waals surface area contributed by atoms with Gasteiger partial charge in [-0.05, 0) is 69.9 Å². The summed E-state index contributed by atoms with van der Waals surface area (Å²) in [6.07, 6.45) is 5.09. The topological polar surface area (TPSA) is 15.3 Å². The SMILES string of the molecule is CCCc1ccc(C(C)N2CCC(CNC)CC2)cc1. The van der Waals surface area contributed by atoms with E-state index in [0.29, 0.717) is 6.04 Å². The van der Waals surface area contributed by atoms with Crippen LogP contribution in [0.2, 0.25) is 0 Å². The van der Waals surface area contributed by atoms with Crippen LogP contribution in [0.4, 0.5) is 0 Å². The molecule has 0 radical (unpaired) electrons. The lowest BCUT2D eigenvalue weighted by atomic mass is 9.94. The van der Waals surface area contributed by atoms with Crippen LogP contribution in [-0.4, -0.2) is 31.6 Å². The van der Waals surface area contributed by atoms with E-state index >= 15 is 0 Å². The second-order valence-electron chi connectivity index (χ2n) is 6.20. The molecule has 2 nitrogen and oxygen atoms in total. The van der Waals surface area contributed by atoms with Crippen LogP contribution in [0.1, 0.15) is 50.3 Å². The van der Waals surface area contributed by atoms with Crippen LogP contribution in [-0.2, 0) is 6.42 Å². The molecule has 1 aromatic rings. The monoisotopic (exact) mass is 274 g/mol. The predicted molar refractivity (Wildman–Crippen MR) is 87.1 cm³/mol. The van der Waals surface area contributed by atoms with E-state index in [9.17, 15) is 0 Å². The number of hydrogen-bond acceptors (Lipinski definition) is 2. The van der Waals surface area contributed by atoms with Crippen molar-refractivity contribution in [2.45, 2.75) is 45.6 Å². The van der Waals surface area contributed by atoms with Gasteiger partial charge in [-0.25, -0.2) is 0 Å². The van der Waals surface area contributed by atoms with Gasteiger partial charge in [-0.1, -0.05) is 37.6 Å². The van der Waals surface area contributed by atoms with E-state index in [1.165, 1.54) is 56.4 Å². The minimum absolute atomic E-state index is 0.557. The molecule has 0 aliphatic carbocycles.